The Balaban J connectivity index is 1.87. The van der Waals surface area contributed by atoms with Crippen LogP contribution in [0.3, 0.4) is 0 Å². The Morgan fingerprint density at radius 3 is 2.67 bits per heavy atom. The molecule has 1 atom stereocenters. The average Bonchev–Trinajstić information content (AvgIpc) is 2.47. The smallest absolute Gasteiger partial charge is 0.0705 e. The van der Waals surface area contributed by atoms with Gasteiger partial charge < -0.3 is 0 Å². The third-order valence-electron chi connectivity index (χ3n) is 3.54. The van der Waals surface area contributed by atoms with E-state index in [1.54, 1.807) is 0 Å². The summed E-state index contributed by atoms with van der Waals surface area (Å²) in [7, 11) is 0. The Bertz CT molecular complexity index is 783. The summed E-state index contributed by atoms with van der Waals surface area (Å²) < 4.78 is 1.14. The van der Waals surface area contributed by atoms with E-state index in [1.165, 1.54) is 16.5 Å². The summed E-state index contributed by atoms with van der Waals surface area (Å²) in [5.74, 6) is 0. The Hall–Kier alpha value is -1.19. The predicted molar refractivity (Wildman–Crippen MR) is 96.0 cm³/mol. The fraction of sp³-hybridized carbons (Fsp3) is 0.167. The number of halogens is 2. The Labute approximate surface area is 141 Å². The van der Waals surface area contributed by atoms with Crippen molar-refractivity contribution in [2.24, 2.45) is 0 Å². The number of nitrogens with zero attached hydrogens (tertiary/aromatic N) is 1. The van der Waals surface area contributed by atoms with Gasteiger partial charge >= 0.3 is 0 Å². The lowest BCUT2D eigenvalue weighted by Crippen LogP contribution is -1.99. The van der Waals surface area contributed by atoms with Gasteiger partial charge in [-0.1, -0.05) is 68.3 Å². The Morgan fingerprint density at radius 2 is 1.86 bits per heavy atom. The molecule has 1 aromatic heterocycles. The molecule has 0 bridgehead atoms. The normalized spacial score (nSPS) is 12.5. The second-order valence-electron chi connectivity index (χ2n) is 5.19. The highest BCUT2D eigenvalue weighted by Crippen LogP contribution is 2.33. The maximum absolute atomic E-state index is 4.74. The zero-order valence-electron chi connectivity index (χ0n) is 11.7. The molecule has 3 rings (SSSR count). The van der Waals surface area contributed by atoms with Crippen LogP contribution in [0.4, 0.5) is 0 Å². The van der Waals surface area contributed by atoms with Gasteiger partial charge in [-0.25, -0.2) is 0 Å². The first-order chi connectivity index (χ1) is 10.1. The number of alkyl halides is 1. The molecule has 0 saturated heterocycles. The first-order valence-electron chi connectivity index (χ1n) is 6.88. The third kappa shape index (κ3) is 3.35. The summed E-state index contributed by atoms with van der Waals surface area (Å²) >= 11 is 7.44. The summed E-state index contributed by atoms with van der Waals surface area (Å²) in [5, 5.41) is 1.18. The molecule has 3 heteroatoms. The van der Waals surface area contributed by atoms with Crippen molar-refractivity contribution in [1.82, 2.24) is 4.98 Å². The maximum atomic E-state index is 4.74. The van der Waals surface area contributed by atoms with Crippen LogP contribution in [0.15, 0.2) is 59.1 Å². The SMILES string of the molecule is Cc1ccc(C(Br)Cc2ccc3ccccc3n2)c(Br)c1. The second-order valence-corrected chi connectivity index (χ2v) is 7.15. The van der Waals surface area contributed by atoms with E-state index in [1.807, 2.05) is 12.1 Å². The third-order valence-corrected chi connectivity index (χ3v) is 5.04. The van der Waals surface area contributed by atoms with Crippen molar-refractivity contribution >= 4 is 42.8 Å². The Kier molecular flexibility index (Phi) is 4.41. The van der Waals surface area contributed by atoms with Crippen LogP contribution in [0, 0.1) is 6.92 Å². The minimum Gasteiger partial charge on any atom is -0.253 e. The van der Waals surface area contributed by atoms with Crippen molar-refractivity contribution in [3.63, 3.8) is 0 Å². The minimum absolute atomic E-state index is 0.251. The standard InChI is InChI=1S/C18H15Br2N/c1-12-6-9-15(16(19)10-12)17(20)11-14-8-7-13-4-2-3-5-18(13)21-14/h2-10,17H,11H2,1H3. The molecular formula is C18H15Br2N. The van der Waals surface area contributed by atoms with E-state index in [4.69, 9.17) is 4.98 Å². The molecule has 0 saturated carbocycles. The number of fused-ring (bicyclic) bond motifs is 1. The molecule has 106 valence electrons. The monoisotopic (exact) mass is 403 g/mol. The highest BCUT2D eigenvalue weighted by atomic mass is 79.9. The minimum atomic E-state index is 0.251. The molecule has 0 aliphatic carbocycles. The molecule has 0 N–H and O–H groups in total. The summed E-state index contributed by atoms with van der Waals surface area (Å²) in [6, 6.07) is 18.9. The van der Waals surface area contributed by atoms with Gasteiger partial charge in [0.25, 0.3) is 0 Å². The molecule has 3 aromatic rings. The molecule has 1 heterocycles. The van der Waals surface area contributed by atoms with Gasteiger partial charge in [0.05, 0.1) is 5.52 Å². The molecule has 0 radical (unpaired) electrons. The highest BCUT2D eigenvalue weighted by molar-refractivity contribution is 9.11. The van der Waals surface area contributed by atoms with Crippen molar-refractivity contribution in [2.75, 3.05) is 0 Å². The number of para-hydroxylation sites is 1. The van der Waals surface area contributed by atoms with Crippen LogP contribution in [0.2, 0.25) is 0 Å². The quantitative estimate of drug-likeness (QED) is 0.489. The molecule has 1 nitrogen and oxygen atoms in total. The number of rotatable bonds is 3. The van der Waals surface area contributed by atoms with Crippen molar-refractivity contribution in [1.29, 1.82) is 0 Å². The number of hydrogen-bond acceptors (Lipinski definition) is 1. The number of pyridine rings is 1. The molecule has 0 amide bonds. The number of aryl methyl sites for hydroxylation is 1. The molecule has 21 heavy (non-hydrogen) atoms. The largest absolute Gasteiger partial charge is 0.253 e. The van der Waals surface area contributed by atoms with Crippen LogP contribution in [0.1, 0.15) is 21.6 Å². The van der Waals surface area contributed by atoms with Crippen LogP contribution in [-0.4, -0.2) is 4.98 Å². The summed E-state index contributed by atoms with van der Waals surface area (Å²) in [5.41, 5.74) is 4.67. The first-order valence-corrected chi connectivity index (χ1v) is 8.59. The summed E-state index contributed by atoms with van der Waals surface area (Å²) in [6.45, 7) is 2.10. The molecule has 0 aliphatic rings. The van der Waals surface area contributed by atoms with Crippen LogP contribution in [-0.2, 0) is 6.42 Å². The van der Waals surface area contributed by atoms with Crippen molar-refractivity contribution in [3.8, 4) is 0 Å². The van der Waals surface area contributed by atoms with E-state index in [0.717, 1.165) is 22.1 Å². The predicted octanol–water partition coefficient (Wildman–Crippen LogP) is 5.98. The van der Waals surface area contributed by atoms with Gasteiger partial charge in [0, 0.05) is 26.8 Å². The van der Waals surface area contributed by atoms with E-state index in [2.05, 4.69) is 81.2 Å². The number of benzene rings is 2. The van der Waals surface area contributed by atoms with Gasteiger partial charge in [-0.3, -0.25) is 4.98 Å². The zero-order valence-corrected chi connectivity index (χ0v) is 14.9. The molecule has 1 unspecified atom stereocenters. The molecule has 2 aromatic carbocycles. The Morgan fingerprint density at radius 1 is 1.05 bits per heavy atom. The van der Waals surface area contributed by atoms with E-state index in [0.29, 0.717) is 0 Å². The number of aromatic nitrogens is 1. The van der Waals surface area contributed by atoms with Gasteiger partial charge in [-0.2, -0.15) is 0 Å². The van der Waals surface area contributed by atoms with E-state index >= 15 is 0 Å². The summed E-state index contributed by atoms with van der Waals surface area (Å²) in [6.07, 6.45) is 0.868. The first kappa shape index (κ1) is 14.7. The van der Waals surface area contributed by atoms with Crippen molar-refractivity contribution in [3.05, 3.63) is 75.9 Å². The number of hydrogen-bond donors (Lipinski definition) is 0. The fourth-order valence-corrected chi connectivity index (χ4v) is 4.21. The van der Waals surface area contributed by atoms with Gasteiger partial charge in [0.2, 0.25) is 0 Å². The molecule has 0 fully saturated rings. The van der Waals surface area contributed by atoms with Gasteiger partial charge in [0.1, 0.15) is 0 Å². The highest BCUT2D eigenvalue weighted by Gasteiger charge is 2.13. The molecular weight excluding hydrogens is 390 g/mol. The van der Waals surface area contributed by atoms with E-state index in [-0.39, 0.29) is 4.83 Å². The van der Waals surface area contributed by atoms with Gasteiger partial charge in [0.15, 0.2) is 0 Å². The molecule has 0 spiro atoms. The molecule has 0 aliphatic heterocycles. The van der Waals surface area contributed by atoms with E-state index in [9.17, 15) is 0 Å². The van der Waals surface area contributed by atoms with Crippen molar-refractivity contribution in [2.45, 2.75) is 18.2 Å². The maximum Gasteiger partial charge on any atom is 0.0705 e. The van der Waals surface area contributed by atoms with Gasteiger partial charge in [-0.05, 0) is 36.2 Å². The van der Waals surface area contributed by atoms with Crippen molar-refractivity contribution < 1.29 is 0 Å². The van der Waals surface area contributed by atoms with Crippen LogP contribution >= 0.6 is 31.9 Å². The van der Waals surface area contributed by atoms with Crippen LogP contribution in [0.25, 0.3) is 10.9 Å². The second kappa shape index (κ2) is 6.29. The lowest BCUT2D eigenvalue weighted by molar-refractivity contribution is 0.908. The topological polar surface area (TPSA) is 12.9 Å². The van der Waals surface area contributed by atoms with Crippen LogP contribution < -0.4 is 0 Å². The average molecular weight is 405 g/mol. The van der Waals surface area contributed by atoms with Crippen LogP contribution in [0.5, 0.6) is 0 Å². The van der Waals surface area contributed by atoms with E-state index < -0.39 is 0 Å². The lowest BCUT2D eigenvalue weighted by Gasteiger charge is -2.13. The lowest BCUT2D eigenvalue weighted by atomic mass is 10.1. The zero-order chi connectivity index (χ0) is 14.8. The van der Waals surface area contributed by atoms with Gasteiger partial charge in [-0.15, -0.1) is 0 Å². The fourth-order valence-electron chi connectivity index (χ4n) is 2.40. The summed E-state index contributed by atoms with van der Waals surface area (Å²) in [4.78, 5) is 4.99.